The summed E-state index contributed by atoms with van der Waals surface area (Å²) >= 11 is 0. The lowest BCUT2D eigenvalue weighted by Gasteiger charge is -2.70. The van der Waals surface area contributed by atoms with Gasteiger partial charge in [0, 0.05) is 11.0 Å². The third-order valence-electron chi connectivity index (χ3n) is 11.7. The molecule has 5 aliphatic rings. The number of carbonyl (C=O) groups is 3. The number of ketones is 1. The molecule has 6 nitrogen and oxygen atoms in total. The first-order valence-electron chi connectivity index (χ1n) is 13.6. The standard InChI is InChI=1S/C31H40O6/c1-18-19-7-8-22-29(4,20(19)15-21(32)25(18)37-17-24(33)34)12-14-31(6)23-16-28(3,26(35)36)10-9-27(23,2)11-13-30(22,31)5/h7-8,15,23H,9-14,16-17H2,1-6H3,(H,33,34)(H,35,36)/t23?,27-,28-,29+,30-,31+/m1/s1. The lowest BCUT2D eigenvalue weighted by Crippen LogP contribution is -2.62. The highest BCUT2D eigenvalue weighted by atomic mass is 16.5. The van der Waals surface area contributed by atoms with Gasteiger partial charge >= 0.3 is 11.9 Å². The molecule has 0 saturated heterocycles. The van der Waals surface area contributed by atoms with Crippen molar-refractivity contribution in [1.29, 1.82) is 0 Å². The minimum atomic E-state index is -1.11. The normalized spacial score (nSPS) is 42.8. The predicted molar refractivity (Wildman–Crippen MR) is 140 cm³/mol. The summed E-state index contributed by atoms with van der Waals surface area (Å²) in [6, 6.07) is 0. The third-order valence-corrected chi connectivity index (χ3v) is 11.7. The molecule has 200 valence electrons. The molecule has 0 aromatic carbocycles. The molecule has 0 aromatic heterocycles. The van der Waals surface area contributed by atoms with Crippen molar-refractivity contribution in [3.05, 3.63) is 46.3 Å². The number of allylic oxidation sites excluding steroid dienone is 7. The van der Waals surface area contributed by atoms with Gasteiger partial charge in [0.25, 0.3) is 0 Å². The molecule has 3 fully saturated rings. The van der Waals surface area contributed by atoms with Crippen molar-refractivity contribution in [2.24, 2.45) is 33.0 Å². The van der Waals surface area contributed by atoms with E-state index in [2.05, 4.69) is 39.8 Å². The van der Waals surface area contributed by atoms with Crippen molar-refractivity contribution in [3.8, 4) is 0 Å². The number of hydrogen-bond acceptors (Lipinski definition) is 4. The Morgan fingerprint density at radius 1 is 0.973 bits per heavy atom. The van der Waals surface area contributed by atoms with Gasteiger partial charge in [0.2, 0.25) is 5.78 Å². The second-order valence-electron chi connectivity index (χ2n) is 13.6. The highest BCUT2D eigenvalue weighted by Crippen LogP contribution is 2.75. The molecule has 6 heteroatoms. The summed E-state index contributed by atoms with van der Waals surface area (Å²) in [7, 11) is 0. The third kappa shape index (κ3) is 3.39. The maximum atomic E-state index is 13.1. The molecule has 0 amide bonds. The molecule has 2 N–H and O–H groups in total. The van der Waals surface area contributed by atoms with Crippen LogP contribution in [0.1, 0.15) is 86.5 Å². The summed E-state index contributed by atoms with van der Waals surface area (Å²) in [5.41, 5.74) is 2.98. The number of ether oxygens (including phenoxy) is 1. The average Bonchev–Trinajstić information content (AvgIpc) is 2.82. The van der Waals surface area contributed by atoms with Crippen LogP contribution in [0, 0.1) is 33.0 Å². The van der Waals surface area contributed by atoms with Crippen LogP contribution in [0.4, 0.5) is 0 Å². The van der Waals surface area contributed by atoms with E-state index in [1.807, 2.05) is 13.8 Å². The fraction of sp³-hybridized carbons (Fsp3) is 0.645. The van der Waals surface area contributed by atoms with E-state index in [0.29, 0.717) is 17.9 Å². The molecule has 0 spiro atoms. The van der Waals surface area contributed by atoms with Crippen LogP contribution >= 0.6 is 0 Å². The van der Waals surface area contributed by atoms with Crippen LogP contribution in [-0.2, 0) is 19.1 Å². The Hall–Kier alpha value is -2.63. The van der Waals surface area contributed by atoms with Crippen LogP contribution < -0.4 is 0 Å². The van der Waals surface area contributed by atoms with Gasteiger partial charge in [-0.3, -0.25) is 9.59 Å². The van der Waals surface area contributed by atoms with Gasteiger partial charge in [-0.25, -0.2) is 4.79 Å². The molecule has 0 aliphatic heterocycles. The van der Waals surface area contributed by atoms with E-state index in [9.17, 15) is 19.5 Å². The van der Waals surface area contributed by atoms with Gasteiger partial charge in [0.15, 0.2) is 12.4 Å². The van der Waals surface area contributed by atoms with Crippen LogP contribution in [0.3, 0.4) is 0 Å². The van der Waals surface area contributed by atoms with Gasteiger partial charge in [-0.2, -0.15) is 0 Å². The van der Waals surface area contributed by atoms with Gasteiger partial charge in [-0.15, -0.1) is 0 Å². The highest BCUT2D eigenvalue weighted by molar-refractivity contribution is 6.07. The van der Waals surface area contributed by atoms with Crippen molar-refractivity contribution in [1.82, 2.24) is 0 Å². The van der Waals surface area contributed by atoms with Crippen LogP contribution in [0.2, 0.25) is 0 Å². The number of carboxylic acid groups (broad SMARTS) is 2. The Balaban J connectivity index is 1.59. The van der Waals surface area contributed by atoms with Gasteiger partial charge in [-0.05, 0) is 98.2 Å². The summed E-state index contributed by atoms with van der Waals surface area (Å²) in [5, 5.41) is 19.1. The average molecular weight is 509 g/mol. The molecule has 0 radical (unpaired) electrons. The summed E-state index contributed by atoms with van der Waals surface area (Å²) in [6.07, 6.45) is 12.4. The van der Waals surface area contributed by atoms with E-state index in [1.165, 1.54) is 5.57 Å². The fourth-order valence-electron chi connectivity index (χ4n) is 8.96. The Kier molecular flexibility index (Phi) is 5.58. The quantitative estimate of drug-likeness (QED) is 0.466. The second kappa shape index (κ2) is 7.94. The fourth-order valence-corrected chi connectivity index (χ4v) is 8.96. The van der Waals surface area contributed by atoms with Crippen molar-refractivity contribution in [2.75, 3.05) is 6.61 Å². The number of aliphatic carboxylic acids is 2. The molecule has 37 heavy (non-hydrogen) atoms. The smallest absolute Gasteiger partial charge is 0.341 e. The molecule has 0 aromatic rings. The van der Waals surface area contributed by atoms with Crippen molar-refractivity contribution in [3.63, 3.8) is 0 Å². The van der Waals surface area contributed by atoms with Crippen molar-refractivity contribution in [2.45, 2.75) is 86.5 Å². The summed E-state index contributed by atoms with van der Waals surface area (Å²) < 4.78 is 5.39. The minimum absolute atomic E-state index is 0.0479. The first-order chi connectivity index (χ1) is 17.1. The van der Waals surface area contributed by atoms with E-state index < -0.39 is 24.0 Å². The molecule has 5 rings (SSSR count). The maximum Gasteiger partial charge on any atom is 0.341 e. The number of rotatable bonds is 4. The zero-order valence-electron chi connectivity index (χ0n) is 23.0. The van der Waals surface area contributed by atoms with E-state index in [-0.39, 0.29) is 33.2 Å². The maximum absolute atomic E-state index is 13.1. The Morgan fingerprint density at radius 2 is 1.65 bits per heavy atom. The molecule has 5 aliphatic carbocycles. The van der Waals surface area contributed by atoms with Crippen molar-refractivity contribution < 1.29 is 29.3 Å². The molecular weight excluding hydrogens is 468 g/mol. The summed E-state index contributed by atoms with van der Waals surface area (Å²) in [5.74, 6) is -1.63. The van der Waals surface area contributed by atoms with E-state index >= 15 is 0 Å². The molecule has 6 atom stereocenters. The zero-order chi connectivity index (χ0) is 27.2. The first-order valence-corrected chi connectivity index (χ1v) is 13.6. The van der Waals surface area contributed by atoms with Crippen LogP contribution in [0.25, 0.3) is 0 Å². The number of fused-ring (bicyclic) bond motifs is 7. The van der Waals surface area contributed by atoms with Gasteiger partial charge < -0.3 is 14.9 Å². The predicted octanol–water partition coefficient (Wildman–Crippen LogP) is 6.24. The second-order valence-corrected chi connectivity index (χ2v) is 13.6. The molecule has 1 unspecified atom stereocenters. The van der Waals surface area contributed by atoms with Gasteiger partial charge in [0.1, 0.15) is 0 Å². The van der Waals surface area contributed by atoms with Crippen LogP contribution in [-0.4, -0.2) is 34.5 Å². The number of carboxylic acids is 2. The monoisotopic (exact) mass is 508 g/mol. The zero-order valence-corrected chi connectivity index (χ0v) is 23.0. The first kappa shape index (κ1) is 26.0. The topological polar surface area (TPSA) is 101 Å². The lowest BCUT2D eigenvalue weighted by atomic mass is 9.34. The Morgan fingerprint density at radius 3 is 2.30 bits per heavy atom. The molecular formula is C31H40O6. The minimum Gasteiger partial charge on any atom is -0.481 e. The van der Waals surface area contributed by atoms with Crippen LogP contribution in [0.5, 0.6) is 0 Å². The van der Waals surface area contributed by atoms with Gasteiger partial charge in [0.05, 0.1) is 5.41 Å². The van der Waals surface area contributed by atoms with E-state index in [4.69, 9.17) is 9.84 Å². The van der Waals surface area contributed by atoms with Crippen LogP contribution in [0.15, 0.2) is 46.3 Å². The number of carbonyl (C=O) groups excluding carboxylic acids is 1. The van der Waals surface area contributed by atoms with E-state index in [0.717, 1.165) is 49.7 Å². The van der Waals surface area contributed by atoms with Crippen molar-refractivity contribution >= 4 is 17.7 Å². The Bertz CT molecular complexity index is 1230. The summed E-state index contributed by atoms with van der Waals surface area (Å²) in [6.45, 7) is 12.7. The molecule has 0 heterocycles. The SMILES string of the molecule is CC1=C(OCC(=O)O)C(=O)C=C2C1=CC=C1[C@@]2(C)CC[C@@]2(C)C3C[C@](C)(C(=O)O)CC[C@]3(C)CC[C@]12C. The molecule has 0 bridgehead atoms. The van der Waals surface area contributed by atoms with E-state index in [1.54, 1.807) is 6.08 Å². The Labute approximate surface area is 219 Å². The number of hydrogen-bond donors (Lipinski definition) is 2. The molecule has 3 saturated carbocycles. The largest absolute Gasteiger partial charge is 0.481 e. The lowest BCUT2D eigenvalue weighted by molar-refractivity contribution is -0.178. The highest BCUT2D eigenvalue weighted by Gasteiger charge is 2.67. The summed E-state index contributed by atoms with van der Waals surface area (Å²) in [4.78, 5) is 36.5. The van der Waals surface area contributed by atoms with Gasteiger partial charge in [-0.1, -0.05) is 45.4 Å².